The third-order valence-electron chi connectivity index (χ3n) is 4.67. The second-order valence-electron chi connectivity index (χ2n) is 6.22. The van der Waals surface area contributed by atoms with E-state index >= 15 is 0 Å². The highest BCUT2D eigenvalue weighted by molar-refractivity contribution is 5.81. The number of hydrogen-bond acceptors (Lipinski definition) is 4. The second kappa shape index (κ2) is 5.79. The Bertz CT molecular complexity index is 509. The Morgan fingerprint density at radius 2 is 2.29 bits per heavy atom. The van der Waals surface area contributed by atoms with Crippen molar-refractivity contribution in [3.63, 3.8) is 0 Å². The van der Waals surface area contributed by atoms with Crippen LogP contribution >= 0.6 is 0 Å². The summed E-state index contributed by atoms with van der Waals surface area (Å²) < 4.78 is 7.60. The lowest BCUT2D eigenvalue weighted by Crippen LogP contribution is -2.52. The minimum atomic E-state index is -0.489. The van der Waals surface area contributed by atoms with Gasteiger partial charge in [0.25, 0.3) is 0 Å². The van der Waals surface area contributed by atoms with Gasteiger partial charge in [0.05, 0.1) is 6.61 Å². The van der Waals surface area contributed by atoms with Gasteiger partial charge in [-0.05, 0) is 39.0 Å². The number of carbonyl (C=O) groups excluding carboxylic acids is 1. The quantitative estimate of drug-likeness (QED) is 0.817. The van der Waals surface area contributed by atoms with Gasteiger partial charge in [0.15, 0.2) is 0 Å². The first kappa shape index (κ1) is 14.6. The van der Waals surface area contributed by atoms with Gasteiger partial charge in [0.2, 0.25) is 0 Å². The summed E-state index contributed by atoms with van der Waals surface area (Å²) in [6.07, 6.45) is 9.85. The lowest BCUT2D eigenvalue weighted by molar-refractivity contribution is -0.151. The van der Waals surface area contributed by atoms with E-state index in [0.717, 1.165) is 31.5 Å². The Morgan fingerprint density at radius 1 is 1.48 bits per heavy atom. The third-order valence-corrected chi connectivity index (χ3v) is 4.67. The first-order valence-electron chi connectivity index (χ1n) is 8.15. The molecule has 0 spiro atoms. The fraction of sp³-hybridized carbons (Fsp3) is 0.750. The summed E-state index contributed by atoms with van der Waals surface area (Å²) in [6, 6.07) is 0.847. The number of aryl methyl sites for hydroxylation is 1. The molecule has 116 valence electrons. The predicted octanol–water partition coefficient (Wildman–Crippen LogP) is 2.22. The Labute approximate surface area is 126 Å². The molecule has 2 atom stereocenters. The van der Waals surface area contributed by atoms with Gasteiger partial charge in [0, 0.05) is 30.9 Å². The minimum absolute atomic E-state index is 0.0717. The van der Waals surface area contributed by atoms with Crippen LogP contribution in [0.25, 0.3) is 0 Å². The first-order chi connectivity index (χ1) is 10.2. The molecular weight excluding hydrogens is 266 g/mol. The van der Waals surface area contributed by atoms with Crippen molar-refractivity contribution in [3.8, 4) is 0 Å². The van der Waals surface area contributed by atoms with Crippen molar-refractivity contribution in [2.75, 3.05) is 6.61 Å². The topological polar surface area (TPSA) is 56.1 Å². The fourth-order valence-corrected chi connectivity index (χ4v) is 3.47. The van der Waals surface area contributed by atoms with Crippen LogP contribution in [0.5, 0.6) is 0 Å². The lowest BCUT2D eigenvalue weighted by atomic mass is 9.97. The summed E-state index contributed by atoms with van der Waals surface area (Å²) in [7, 11) is 0. The molecule has 2 fully saturated rings. The number of nitrogens with one attached hydrogen (secondary N) is 1. The smallest absolute Gasteiger partial charge is 0.326 e. The van der Waals surface area contributed by atoms with Crippen molar-refractivity contribution in [2.45, 2.75) is 70.0 Å². The van der Waals surface area contributed by atoms with Gasteiger partial charge in [-0.1, -0.05) is 6.92 Å². The van der Waals surface area contributed by atoms with Crippen LogP contribution in [0, 0.1) is 0 Å². The number of rotatable bonds is 6. The van der Waals surface area contributed by atoms with E-state index < -0.39 is 5.54 Å². The van der Waals surface area contributed by atoms with Crippen molar-refractivity contribution < 1.29 is 9.53 Å². The van der Waals surface area contributed by atoms with E-state index in [-0.39, 0.29) is 5.97 Å². The Hall–Kier alpha value is -1.36. The van der Waals surface area contributed by atoms with Crippen LogP contribution in [0.2, 0.25) is 0 Å². The number of esters is 1. The number of ether oxygens (including phenoxy) is 1. The van der Waals surface area contributed by atoms with Crippen LogP contribution in [0.4, 0.5) is 0 Å². The molecule has 1 N–H and O–H groups in total. The van der Waals surface area contributed by atoms with Crippen molar-refractivity contribution >= 4 is 5.97 Å². The molecule has 5 nitrogen and oxygen atoms in total. The molecule has 2 unspecified atom stereocenters. The fourth-order valence-electron chi connectivity index (χ4n) is 3.47. The molecule has 2 saturated carbocycles. The summed E-state index contributed by atoms with van der Waals surface area (Å²) in [6.45, 7) is 4.44. The van der Waals surface area contributed by atoms with E-state index in [1.54, 1.807) is 0 Å². The van der Waals surface area contributed by atoms with Crippen molar-refractivity contribution in [1.82, 2.24) is 14.9 Å². The Morgan fingerprint density at radius 3 is 2.95 bits per heavy atom. The zero-order valence-electron chi connectivity index (χ0n) is 13.0. The van der Waals surface area contributed by atoms with E-state index in [1.165, 1.54) is 12.8 Å². The van der Waals surface area contributed by atoms with Crippen molar-refractivity contribution in [2.24, 2.45) is 0 Å². The minimum Gasteiger partial charge on any atom is -0.465 e. The number of aromatic nitrogens is 2. The summed E-state index contributed by atoms with van der Waals surface area (Å²) in [5.74, 6) is 1.03. The number of nitrogens with zero attached hydrogens (tertiary/aromatic N) is 2. The molecule has 3 rings (SSSR count). The molecule has 21 heavy (non-hydrogen) atoms. The van der Waals surface area contributed by atoms with Crippen molar-refractivity contribution in [3.05, 3.63) is 18.2 Å². The predicted molar refractivity (Wildman–Crippen MR) is 80.0 cm³/mol. The van der Waals surface area contributed by atoms with Gasteiger partial charge < -0.3 is 9.30 Å². The molecule has 0 aromatic carbocycles. The SMILES string of the molecule is CCOC(=O)C1(NC2CC2)CCC(n2ccnc2CC)C1. The Balaban J connectivity index is 1.78. The van der Waals surface area contributed by atoms with Crippen LogP contribution in [-0.2, 0) is 16.0 Å². The number of imidazole rings is 1. The standard InChI is InChI=1S/C16H25N3O2/c1-3-14-17-9-10-19(14)13-7-8-16(11-13,15(20)21-4-2)18-12-5-6-12/h9-10,12-13,18H,3-8,11H2,1-2H3. The van der Waals surface area contributed by atoms with Crippen LogP contribution < -0.4 is 5.32 Å². The highest BCUT2D eigenvalue weighted by atomic mass is 16.5. The summed E-state index contributed by atoms with van der Waals surface area (Å²) in [5.41, 5.74) is -0.489. The third kappa shape index (κ3) is 2.84. The maximum absolute atomic E-state index is 12.5. The number of carbonyl (C=O) groups is 1. The molecule has 0 bridgehead atoms. The normalized spacial score (nSPS) is 28.8. The zero-order chi connectivity index (χ0) is 14.9. The van der Waals surface area contributed by atoms with Gasteiger partial charge in [-0.15, -0.1) is 0 Å². The summed E-state index contributed by atoms with van der Waals surface area (Å²) in [5, 5.41) is 3.57. The van der Waals surface area contributed by atoms with E-state index in [1.807, 2.05) is 19.3 Å². The van der Waals surface area contributed by atoms with Crippen LogP contribution in [-0.4, -0.2) is 33.7 Å². The monoisotopic (exact) mass is 291 g/mol. The van der Waals surface area contributed by atoms with Crippen LogP contribution in [0.1, 0.15) is 57.8 Å². The first-order valence-corrected chi connectivity index (χ1v) is 8.15. The molecule has 1 aromatic heterocycles. The summed E-state index contributed by atoms with van der Waals surface area (Å²) in [4.78, 5) is 16.9. The van der Waals surface area contributed by atoms with Crippen molar-refractivity contribution in [1.29, 1.82) is 0 Å². The van der Waals surface area contributed by atoms with E-state index in [4.69, 9.17) is 4.74 Å². The van der Waals surface area contributed by atoms with Gasteiger partial charge in [-0.2, -0.15) is 0 Å². The molecule has 0 aliphatic heterocycles. The van der Waals surface area contributed by atoms with E-state index in [2.05, 4.69) is 21.8 Å². The molecule has 0 radical (unpaired) electrons. The molecule has 1 aromatic rings. The van der Waals surface area contributed by atoms with E-state index in [9.17, 15) is 4.79 Å². The number of hydrogen-bond donors (Lipinski definition) is 1. The van der Waals surface area contributed by atoms with Gasteiger partial charge in [-0.3, -0.25) is 10.1 Å². The molecule has 5 heteroatoms. The Kier molecular flexibility index (Phi) is 4.02. The molecular formula is C16H25N3O2. The molecule has 0 saturated heterocycles. The van der Waals surface area contributed by atoms with Crippen LogP contribution in [0.3, 0.4) is 0 Å². The van der Waals surface area contributed by atoms with Gasteiger partial charge >= 0.3 is 5.97 Å². The molecule has 1 heterocycles. The zero-order valence-corrected chi connectivity index (χ0v) is 13.0. The lowest BCUT2D eigenvalue weighted by Gasteiger charge is -2.28. The average molecular weight is 291 g/mol. The highest BCUT2D eigenvalue weighted by Crippen LogP contribution is 2.41. The average Bonchev–Trinajstić information content (AvgIpc) is 3.01. The largest absolute Gasteiger partial charge is 0.465 e. The van der Waals surface area contributed by atoms with E-state index in [0.29, 0.717) is 18.7 Å². The van der Waals surface area contributed by atoms with Gasteiger partial charge in [0.1, 0.15) is 11.4 Å². The maximum atomic E-state index is 12.5. The highest BCUT2D eigenvalue weighted by Gasteiger charge is 2.49. The molecule has 0 amide bonds. The summed E-state index contributed by atoms with van der Waals surface area (Å²) >= 11 is 0. The second-order valence-corrected chi connectivity index (χ2v) is 6.22. The maximum Gasteiger partial charge on any atom is 0.326 e. The molecule has 2 aliphatic rings. The van der Waals surface area contributed by atoms with Gasteiger partial charge in [-0.25, -0.2) is 4.98 Å². The molecule has 2 aliphatic carbocycles. The van der Waals surface area contributed by atoms with Crippen LogP contribution in [0.15, 0.2) is 12.4 Å².